The van der Waals surface area contributed by atoms with Crippen molar-refractivity contribution in [2.24, 2.45) is 5.92 Å². The summed E-state index contributed by atoms with van der Waals surface area (Å²) in [6.07, 6.45) is 4.33. The molecule has 0 aromatic heterocycles. The van der Waals surface area contributed by atoms with Crippen LogP contribution in [0.25, 0.3) is 0 Å². The second kappa shape index (κ2) is 11.2. The fraction of sp³-hybridized carbons (Fsp3) is 0.480. The standard InChI is InChI=1S/C25H29Cl2FN2O5S/c1-36(33,34)29-25(32)21-11-20(16-2-3-16)24(12-22(21)28)35-14-15-4-6-30(7-5-15)23(13-31)17-8-18(26)10-19(27)9-17/h8-12,15-16,23,31H,2-7,13-14H2,1H3,(H,29,32). The van der Waals surface area contributed by atoms with Crippen LogP contribution in [0.5, 0.6) is 5.75 Å². The number of aliphatic hydroxyl groups is 1. The van der Waals surface area contributed by atoms with Gasteiger partial charge >= 0.3 is 0 Å². The molecule has 196 valence electrons. The molecule has 1 unspecified atom stereocenters. The Morgan fingerprint density at radius 3 is 2.33 bits per heavy atom. The fourth-order valence-electron chi connectivity index (χ4n) is 4.65. The van der Waals surface area contributed by atoms with E-state index in [1.165, 1.54) is 12.1 Å². The average Bonchev–Trinajstić information content (AvgIpc) is 3.62. The van der Waals surface area contributed by atoms with Crippen LogP contribution in [-0.4, -0.2) is 56.9 Å². The number of carbonyl (C=O) groups is 1. The van der Waals surface area contributed by atoms with Crippen LogP contribution in [0.3, 0.4) is 0 Å². The van der Waals surface area contributed by atoms with Gasteiger partial charge in [0.25, 0.3) is 5.91 Å². The predicted octanol–water partition coefficient (Wildman–Crippen LogP) is 4.52. The van der Waals surface area contributed by atoms with Crippen LogP contribution in [0.4, 0.5) is 4.39 Å². The first kappa shape index (κ1) is 27.1. The van der Waals surface area contributed by atoms with E-state index in [2.05, 4.69) is 4.90 Å². The number of amides is 1. The van der Waals surface area contributed by atoms with Crippen LogP contribution in [0.1, 0.15) is 59.1 Å². The maximum absolute atomic E-state index is 14.7. The quantitative estimate of drug-likeness (QED) is 0.469. The number of hydrogen-bond acceptors (Lipinski definition) is 6. The van der Waals surface area contributed by atoms with Crippen LogP contribution < -0.4 is 9.46 Å². The van der Waals surface area contributed by atoms with Crippen LogP contribution in [0.15, 0.2) is 30.3 Å². The van der Waals surface area contributed by atoms with Crippen LogP contribution >= 0.6 is 23.2 Å². The first-order chi connectivity index (χ1) is 17.0. The lowest BCUT2D eigenvalue weighted by atomic mass is 9.95. The summed E-state index contributed by atoms with van der Waals surface area (Å²) in [7, 11) is -3.81. The summed E-state index contributed by atoms with van der Waals surface area (Å²) in [5, 5.41) is 11.1. The number of ether oxygens (including phenoxy) is 1. The zero-order valence-corrected chi connectivity index (χ0v) is 22.2. The van der Waals surface area contributed by atoms with Gasteiger partial charge in [-0.25, -0.2) is 17.5 Å². The van der Waals surface area contributed by atoms with Gasteiger partial charge in [-0.05, 0) is 86.0 Å². The summed E-state index contributed by atoms with van der Waals surface area (Å²) < 4.78 is 45.4. The van der Waals surface area contributed by atoms with Gasteiger partial charge in [0.2, 0.25) is 10.0 Å². The van der Waals surface area contributed by atoms with Gasteiger partial charge in [0.1, 0.15) is 11.6 Å². The zero-order valence-electron chi connectivity index (χ0n) is 19.8. The summed E-state index contributed by atoms with van der Waals surface area (Å²) in [6, 6.07) is 7.69. The van der Waals surface area contributed by atoms with E-state index in [0.717, 1.165) is 56.2 Å². The molecule has 0 bridgehead atoms. The normalized spacial score (nSPS) is 18.1. The molecule has 2 aliphatic rings. The molecule has 2 fully saturated rings. The van der Waals surface area contributed by atoms with Gasteiger partial charge in [0.05, 0.1) is 31.1 Å². The molecular formula is C25H29Cl2FN2O5S. The first-order valence-corrected chi connectivity index (χ1v) is 14.5. The Labute approximate surface area is 220 Å². The molecule has 2 aromatic rings. The fourth-order valence-corrected chi connectivity index (χ4v) is 5.64. The van der Waals surface area contributed by atoms with Crippen LogP contribution in [0, 0.1) is 11.7 Å². The molecule has 1 amide bonds. The molecule has 11 heteroatoms. The Balaban J connectivity index is 1.39. The maximum Gasteiger partial charge on any atom is 0.267 e. The van der Waals surface area contributed by atoms with Crippen molar-refractivity contribution in [3.05, 3.63) is 62.9 Å². The van der Waals surface area contributed by atoms with E-state index in [4.69, 9.17) is 27.9 Å². The monoisotopic (exact) mass is 558 g/mol. The summed E-state index contributed by atoms with van der Waals surface area (Å²) >= 11 is 12.3. The lowest BCUT2D eigenvalue weighted by Gasteiger charge is -2.37. The second-order valence-electron chi connectivity index (χ2n) is 9.54. The Morgan fingerprint density at radius 1 is 1.14 bits per heavy atom. The molecule has 1 heterocycles. The molecule has 0 radical (unpaired) electrons. The van der Waals surface area contributed by atoms with Crippen molar-refractivity contribution in [2.75, 3.05) is 32.6 Å². The van der Waals surface area contributed by atoms with Crippen molar-refractivity contribution < 1.29 is 27.4 Å². The minimum atomic E-state index is -3.81. The predicted molar refractivity (Wildman–Crippen MR) is 137 cm³/mol. The van der Waals surface area contributed by atoms with Gasteiger partial charge in [-0.15, -0.1) is 0 Å². The Kier molecular flexibility index (Phi) is 8.46. The van der Waals surface area contributed by atoms with E-state index < -0.39 is 21.7 Å². The Hall–Kier alpha value is -1.91. The maximum atomic E-state index is 14.7. The summed E-state index contributed by atoms with van der Waals surface area (Å²) in [5.74, 6) is -1.00. The number of aliphatic hydroxyl groups excluding tert-OH is 1. The van der Waals surface area contributed by atoms with Gasteiger partial charge in [0.15, 0.2) is 0 Å². The molecule has 2 aromatic carbocycles. The smallest absolute Gasteiger partial charge is 0.267 e. The molecule has 4 rings (SSSR count). The first-order valence-electron chi connectivity index (χ1n) is 11.8. The highest BCUT2D eigenvalue weighted by Crippen LogP contribution is 2.45. The van der Waals surface area contributed by atoms with Crippen molar-refractivity contribution >= 4 is 39.1 Å². The second-order valence-corrected chi connectivity index (χ2v) is 12.2. The molecule has 0 spiro atoms. The highest BCUT2D eigenvalue weighted by molar-refractivity contribution is 7.89. The molecule has 1 atom stereocenters. The van der Waals surface area contributed by atoms with E-state index in [1.54, 1.807) is 6.07 Å². The molecule has 1 aliphatic carbocycles. The molecule has 1 saturated carbocycles. The number of benzene rings is 2. The minimum Gasteiger partial charge on any atom is -0.493 e. The van der Waals surface area contributed by atoms with Crippen molar-refractivity contribution in [3.8, 4) is 5.75 Å². The van der Waals surface area contributed by atoms with Crippen molar-refractivity contribution in [1.29, 1.82) is 0 Å². The number of rotatable bonds is 9. The molecular weight excluding hydrogens is 530 g/mol. The minimum absolute atomic E-state index is 0.0544. The average molecular weight is 559 g/mol. The van der Waals surface area contributed by atoms with E-state index >= 15 is 0 Å². The highest BCUT2D eigenvalue weighted by atomic mass is 35.5. The Bertz CT molecular complexity index is 1210. The topological polar surface area (TPSA) is 95.9 Å². The highest BCUT2D eigenvalue weighted by Gasteiger charge is 2.31. The van der Waals surface area contributed by atoms with Gasteiger partial charge in [0, 0.05) is 16.1 Å². The number of halogens is 3. The molecule has 36 heavy (non-hydrogen) atoms. The van der Waals surface area contributed by atoms with Gasteiger partial charge < -0.3 is 9.84 Å². The number of hydrogen-bond donors (Lipinski definition) is 2. The number of carbonyl (C=O) groups excluding carboxylic acids is 1. The van der Waals surface area contributed by atoms with Gasteiger partial charge in [-0.2, -0.15) is 0 Å². The lowest BCUT2D eigenvalue weighted by molar-refractivity contribution is 0.0733. The lowest BCUT2D eigenvalue weighted by Crippen LogP contribution is -2.39. The van der Waals surface area contributed by atoms with Crippen molar-refractivity contribution in [1.82, 2.24) is 9.62 Å². The zero-order chi connectivity index (χ0) is 26.0. The number of nitrogens with one attached hydrogen (secondary N) is 1. The number of piperidine rings is 1. The van der Waals surface area contributed by atoms with Gasteiger partial charge in [-0.3, -0.25) is 9.69 Å². The van der Waals surface area contributed by atoms with Crippen molar-refractivity contribution in [2.45, 2.75) is 37.6 Å². The molecule has 1 saturated heterocycles. The van der Waals surface area contributed by atoms with E-state index in [1.807, 2.05) is 16.9 Å². The summed E-state index contributed by atoms with van der Waals surface area (Å²) in [6.45, 7) is 1.84. The number of nitrogens with zero attached hydrogens (tertiary/aromatic N) is 1. The number of sulfonamides is 1. The number of likely N-dealkylation sites (tertiary alicyclic amines) is 1. The Morgan fingerprint density at radius 2 is 1.78 bits per heavy atom. The molecule has 1 aliphatic heterocycles. The van der Waals surface area contributed by atoms with Gasteiger partial charge in [-0.1, -0.05) is 23.2 Å². The summed E-state index contributed by atoms with van der Waals surface area (Å²) in [4.78, 5) is 14.4. The largest absolute Gasteiger partial charge is 0.493 e. The third kappa shape index (κ3) is 6.89. The van der Waals surface area contributed by atoms with E-state index in [-0.39, 0.29) is 30.0 Å². The third-order valence-electron chi connectivity index (χ3n) is 6.65. The van der Waals surface area contributed by atoms with Crippen LogP contribution in [0.2, 0.25) is 10.0 Å². The SMILES string of the molecule is CS(=O)(=O)NC(=O)c1cc(C2CC2)c(OCC2CCN(C(CO)c3cc(Cl)cc(Cl)c3)CC2)cc1F. The van der Waals surface area contributed by atoms with E-state index in [0.29, 0.717) is 22.4 Å². The molecule has 7 nitrogen and oxygen atoms in total. The third-order valence-corrected chi connectivity index (χ3v) is 7.64. The summed E-state index contributed by atoms with van der Waals surface area (Å²) in [5.41, 5.74) is 1.29. The van der Waals surface area contributed by atoms with Crippen molar-refractivity contribution in [3.63, 3.8) is 0 Å². The van der Waals surface area contributed by atoms with Crippen LogP contribution in [-0.2, 0) is 10.0 Å². The molecule has 2 N–H and O–H groups in total. The van der Waals surface area contributed by atoms with E-state index in [9.17, 15) is 22.7 Å².